The summed E-state index contributed by atoms with van der Waals surface area (Å²) in [7, 11) is 0. The van der Waals surface area contributed by atoms with E-state index < -0.39 is 0 Å². The van der Waals surface area contributed by atoms with Gasteiger partial charge < -0.3 is 4.98 Å². The molecule has 2 aromatic heterocycles. The second-order valence-electron chi connectivity index (χ2n) is 7.49. The molecule has 0 amide bonds. The quantitative estimate of drug-likeness (QED) is 0.834. The second-order valence-corrected chi connectivity index (χ2v) is 8.66. The summed E-state index contributed by atoms with van der Waals surface area (Å²) in [6.07, 6.45) is 6.89. The van der Waals surface area contributed by atoms with E-state index in [9.17, 15) is 9.59 Å². The summed E-state index contributed by atoms with van der Waals surface area (Å²) in [4.78, 5) is 36.3. The number of thiophene rings is 1. The van der Waals surface area contributed by atoms with Gasteiger partial charge in [0.25, 0.3) is 5.56 Å². The molecule has 138 valence electrons. The lowest BCUT2D eigenvalue weighted by Crippen LogP contribution is -2.36. The number of aromatic nitrogens is 2. The van der Waals surface area contributed by atoms with Gasteiger partial charge in [-0.25, -0.2) is 4.98 Å². The topological polar surface area (TPSA) is 66.1 Å². The number of ketones is 1. The molecular weight excluding hydrogens is 346 g/mol. The molecule has 0 saturated heterocycles. The third kappa shape index (κ3) is 3.67. The van der Waals surface area contributed by atoms with Crippen molar-refractivity contribution in [3.05, 3.63) is 49.3 Å². The average Bonchev–Trinajstić information content (AvgIpc) is 3.12. The maximum Gasteiger partial charge on any atom is 0.255 e. The van der Waals surface area contributed by atoms with E-state index in [1.54, 1.807) is 18.3 Å². The van der Waals surface area contributed by atoms with E-state index in [4.69, 9.17) is 4.98 Å². The highest BCUT2D eigenvalue weighted by Gasteiger charge is 2.24. The average molecular weight is 372 g/mol. The Bertz CT molecular complexity index is 864. The van der Waals surface area contributed by atoms with Crippen molar-refractivity contribution < 1.29 is 4.79 Å². The first-order valence-electron chi connectivity index (χ1n) is 9.54. The molecule has 1 aliphatic carbocycles. The molecule has 1 aliphatic heterocycles. The van der Waals surface area contributed by atoms with Crippen molar-refractivity contribution in [1.29, 1.82) is 0 Å². The first-order chi connectivity index (χ1) is 12.6. The number of nitrogens with one attached hydrogen (secondary N) is 1. The lowest BCUT2D eigenvalue weighted by Gasteiger charge is -2.28. The molecular formula is C20H25N3O2S. The summed E-state index contributed by atoms with van der Waals surface area (Å²) in [6.45, 7) is 3.92. The van der Waals surface area contributed by atoms with Crippen LogP contribution < -0.4 is 5.56 Å². The van der Waals surface area contributed by atoms with Crippen LogP contribution in [0.15, 0.2) is 16.9 Å². The number of H-pyrrole nitrogens is 1. The Morgan fingerprint density at radius 1 is 1.31 bits per heavy atom. The van der Waals surface area contributed by atoms with Gasteiger partial charge >= 0.3 is 0 Å². The molecule has 0 radical (unpaired) electrons. The lowest BCUT2D eigenvalue weighted by atomic mass is 9.88. The molecule has 0 spiro atoms. The van der Waals surface area contributed by atoms with Gasteiger partial charge in [-0.1, -0.05) is 19.3 Å². The fraction of sp³-hybridized carbons (Fsp3) is 0.550. The van der Waals surface area contributed by atoms with Crippen molar-refractivity contribution in [2.45, 2.75) is 64.5 Å². The molecule has 0 aromatic carbocycles. The molecule has 2 aromatic rings. The number of carbonyl (C=O) groups excluding carboxylic acids is 1. The Morgan fingerprint density at radius 2 is 2.12 bits per heavy atom. The lowest BCUT2D eigenvalue weighted by molar-refractivity contribution is 0.102. The standard InChI is InChI=1S/C20H25N3O2S/c1-13(24)18-8-7-15(26-18)11-23-10-9-17-16(12-23)20(25)22-19(21-17)14-5-3-2-4-6-14/h7-8,14H,2-6,9-12H2,1H3,(H,21,22,25). The molecule has 5 nitrogen and oxygen atoms in total. The van der Waals surface area contributed by atoms with Crippen LogP contribution in [0.2, 0.25) is 0 Å². The summed E-state index contributed by atoms with van der Waals surface area (Å²) in [5, 5.41) is 0. The Balaban J connectivity index is 1.49. The van der Waals surface area contributed by atoms with E-state index in [1.165, 1.54) is 24.1 Å². The molecule has 4 rings (SSSR count). The Labute approximate surface area is 157 Å². The van der Waals surface area contributed by atoms with Gasteiger partial charge in [0.2, 0.25) is 0 Å². The number of rotatable bonds is 4. The predicted molar refractivity (Wildman–Crippen MR) is 103 cm³/mol. The molecule has 1 fully saturated rings. The van der Waals surface area contributed by atoms with Crippen molar-refractivity contribution >= 4 is 17.1 Å². The molecule has 0 unspecified atom stereocenters. The SMILES string of the molecule is CC(=O)c1ccc(CN2CCc3nc(C4CCCCC4)[nH]c(=O)c3C2)s1. The molecule has 0 atom stereocenters. The summed E-state index contributed by atoms with van der Waals surface area (Å²) < 4.78 is 0. The fourth-order valence-electron chi connectivity index (χ4n) is 4.08. The maximum absolute atomic E-state index is 12.7. The van der Waals surface area contributed by atoms with Gasteiger partial charge in [0, 0.05) is 36.9 Å². The van der Waals surface area contributed by atoms with E-state index in [2.05, 4.69) is 9.88 Å². The Kier molecular flexibility index (Phi) is 5.05. The van der Waals surface area contributed by atoms with Crippen LogP contribution in [-0.2, 0) is 19.5 Å². The normalized spacial score (nSPS) is 18.7. The van der Waals surface area contributed by atoms with Crippen LogP contribution in [0.25, 0.3) is 0 Å². The summed E-state index contributed by atoms with van der Waals surface area (Å²) in [6, 6.07) is 3.91. The van der Waals surface area contributed by atoms with Gasteiger partial charge in [-0.3, -0.25) is 14.5 Å². The first-order valence-corrected chi connectivity index (χ1v) is 10.4. The van der Waals surface area contributed by atoms with Crippen LogP contribution in [0.3, 0.4) is 0 Å². The first kappa shape index (κ1) is 17.6. The van der Waals surface area contributed by atoms with Crippen molar-refractivity contribution in [2.75, 3.05) is 6.54 Å². The van der Waals surface area contributed by atoms with E-state index >= 15 is 0 Å². The van der Waals surface area contributed by atoms with Crippen LogP contribution in [0.5, 0.6) is 0 Å². The van der Waals surface area contributed by atoms with E-state index in [0.717, 1.165) is 54.3 Å². The summed E-state index contributed by atoms with van der Waals surface area (Å²) in [5.74, 6) is 1.45. The Hall–Kier alpha value is -1.79. The number of fused-ring (bicyclic) bond motifs is 1. The zero-order valence-electron chi connectivity index (χ0n) is 15.2. The van der Waals surface area contributed by atoms with Crippen LogP contribution in [-0.4, -0.2) is 27.2 Å². The third-order valence-corrected chi connectivity index (χ3v) is 6.72. The number of nitrogens with zero attached hydrogens (tertiary/aromatic N) is 2. The number of aromatic amines is 1. The largest absolute Gasteiger partial charge is 0.310 e. The number of hydrogen-bond donors (Lipinski definition) is 1. The number of carbonyl (C=O) groups is 1. The zero-order chi connectivity index (χ0) is 18.1. The van der Waals surface area contributed by atoms with Gasteiger partial charge in [0.1, 0.15) is 5.82 Å². The highest BCUT2D eigenvalue weighted by molar-refractivity contribution is 7.14. The van der Waals surface area contributed by atoms with Crippen LogP contribution in [0.1, 0.15) is 76.6 Å². The summed E-state index contributed by atoms with van der Waals surface area (Å²) in [5.41, 5.74) is 1.84. The minimum atomic E-state index is 0.0379. The van der Waals surface area contributed by atoms with E-state index in [-0.39, 0.29) is 11.3 Å². The minimum Gasteiger partial charge on any atom is -0.310 e. The smallest absolute Gasteiger partial charge is 0.255 e. The van der Waals surface area contributed by atoms with Crippen molar-refractivity contribution in [2.24, 2.45) is 0 Å². The van der Waals surface area contributed by atoms with Crippen LogP contribution in [0, 0.1) is 0 Å². The molecule has 3 heterocycles. The van der Waals surface area contributed by atoms with Gasteiger partial charge in [0.05, 0.1) is 16.1 Å². The Morgan fingerprint density at radius 3 is 2.85 bits per heavy atom. The fourth-order valence-corrected chi connectivity index (χ4v) is 5.02. The molecule has 2 aliphatic rings. The van der Waals surface area contributed by atoms with Crippen molar-refractivity contribution in [3.8, 4) is 0 Å². The zero-order valence-corrected chi connectivity index (χ0v) is 16.0. The molecule has 26 heavy (non-hydrogen) atoms. The van der Waals surface area contributed by atoms with Crippen molar-refractivity contribution in [3.63, 3.8) is 0 Å². The molecule has 1 N–H and O–H groups in total. The monoisotopic (exact) mass is 371 g/mol. The van der Waals surface area contributed by atoms with E-state index in [0.29, 0.717) is 12.5 Å². The predicted octanol–water partition coefficient (Wildman–Crippen LogP) is 3.64. The van der Waals surface area contributed by atoms with Crippen LogP contribution >= 0.6 is 11.3 Å². The van der Waals surface area contributed by atoms with Gasteiger partial charge in [0.15, 0.2) is 5.78 Å². The maximum atomic E-state index is 12.7. The number of hydrogen-bond acceptors (Lipinski definition) is 5. The molecule has 6 heteroatoms. The minimum absolute atomic E-state index is 0.0379. The summed E-state index contributed by atoms with van der Waals surface area (Å²) >= 11 is 1.55. The van der Waals surface area contributed by atoms with Gasteiger partial charge in [-0.2, -0.15) is 0 Å². The van der Waals surface area contributed by atoms with Gasteiger partial charge in [-0.15, -0.1) is 11.3 Å². The van der Waals surface area contributed by atoms with Crippen LogP contribution in [0.4, 0.5) is 0 Å². The van der Waals surface area contributed by atoms with Gasteiger partial charge in [-0.05, 0) is 31.9 Å². The van der Waals surface area contributed by atoms with E-state index in [1.807, 2.05) is 12.1 Å². The second kappa shape index (κ2) is 7.45. The third-order valence-electron chi connectivity index (χ3n) is 5.55. The van der Waals surface area contributed by atoms with Crippen molar-refractivity contribution in [1.82, 2.24) is 14.9 Å². The number of Topliss-reactive ketones (excluding diaryl/α,β-unsaturated/α-hetero) is 1. The highest BCUT2D eigenvalue weighted by atomic mass is 32.1. The molecule has 1 saturated carbocycles. The molecule has 0 bridgehead atoms. The highest BCUT2D eigenvalue weighted by Crippen LogP contribution is 2.31.